The van der Waals surface area contributed by atoms with E-state index in [-0.39, 0.29) is 29.0 Å². The summed E-state index contributed by atoms with van der Waals surface area (Å²) in [7, 11) is 0. The lowest BCUT2D eigenvalue weighted by Gasteiger charge is -2.32. The van der Waals surface area contributed by atoms with E-state index in [0.29, 0.717) is 16.7 Å². The molecule has 1 aromatic carbocycles. The first-order chi connectivity index (χ1) is 17.4. The number of non-ortho nitro benzene ring substituents is 1. The number of allylic oxidation sites excluding steroid dienone is 3. The number of rotatable bonds is 5. The predicted molar refractivity (Wildman–Crippen MR) is 131 cm³/mol. The van der Waals surface area contributed by atoms with Gasteiger partial charge in [0.15, 0.2) is 18.0 Å². The summed E-state index contributed by atoms with van der Waals surface area (Å²) in [5.41, 5.74) is 1.10. The number of carbonyl (C=O) groups excluding carboxylic acids is 4. The number of esters is 3. The molecule has 0 N–H and O–H groups in total. The maximum absolute atomic E-state index is 13.0. The third-order valence-electron chi connectivity index (χ3n) is 6.25. The van der Waals surface area contributed by atoms with Crippen LogP contribution in [0.5, 0.6) is 0 Å². The van der Waals surface area contributed by atoms with Gasteiger partial charge in [-0.3, -0.25) is 14.9 Å². The number of benzene rings is 1. The van der Waals surface area contributed by atoms with Crippen molar-refractivity contribution in [1.29, 1.82) is 0 Å². The minimum atomic E-state index is -1.23. The summed E-state index contributed by atoms with van der Waals surface area (Å²) in [6, 6.07) is 4.78. The van der Waals surface area contributed by atoms with Gasteiger partial charge in [0.1, 0.15) is 6.10 Å². The molecule has 0 saturated carbocycles. The molecule has 1 aromatic rings. The van der Waals surface area contributed by atoms with E-state index < -0.39 is 47.1 Å². The van der Waals surface area contributed by atoms with Crippen molar-refractivity contribution in [1.82, 2.24) is 0 Å². The number of nitro benzene ring substituents is 1. The van der Waals surface area contributed by atoms with Crippen molar-refractivity contribution in [2.45, 2.75) is 52.4 Å². The Balaban J connectivity index is 2.04. The summed E-state index contributed by atoms with van der Waals surface area (Å²) in [6.07, 6.45) is 1.04. The topological polar surface area (TPSA) is 139 Å². The Bertz CT molecular complexity index is 1250. The first kappa shape index (κ1) is 27.3. The Morgan fingerprint density at radius 2 is 1.78 bits per heavy atom. The lowest BCUT2D eigenvalue weighted by atomic mass is 9.82. The maximum atomic E-state index is 13.0. The van der Waals surface area contributed by atoms with Crippen LogP contribution in [0.25, 0.3) is 0 Å². The van der Waals surface area contributed by atoms with Crippen LogP contribution in [0.3, 0.4) is 0 Å². The van der Waals surface area contributed by atoms with Gasteiger partial charge in [0.05, 0.1) is 16.4 Å². The maximum Gasteiger partial charge on any atom is 0.338 e. The minimum absolute atomic E-state index is 0.0175. The molecule has 0 bridgehead atoms. The van der Waals surface area contributed by atoms with Crippen molar-refractivity contribution in [3.8, 4) is 0 Å². The summed E-state index contributed by atoms with van der Waals surface area (Å²) in [6.45, 7) is 10.4. The number of nitro groups is 1. The molecule has 0 amide bonds. The molecule has 37 heavy (non-hydrogen) atoms. The molecule has 2 aliphatic rings. The van der Waals surface area contributed by atoms with Gasteiger partial charge < -0.3 is 14.2 Å². The van der Waals surface area contributed by atoms with Gasteiger partial charge in [0.2, 0.25) is 0 Å². The molecular formula is C27H27NO9. The molecule has 3 rings (SSSR count). The standard InChI is InChI=1S/C27H27NO9/c1-6-15(3)25(30)35-21-12-14(2)11-20(29)13-16(4)23(24-22(21)17(5)26(31)37-24)36-27(32)18-7-9-19(10-8-18)28(33)34/h6-11,13,21-24H,5,12H2,1-4H3/b14-11+,15-6+,16-13-/t21-,22+,23+,24-/m0/s1. The van der Waals surface area contributed by atoms with Gasteiger partial charge in [-0.15, -0.1) is 0 Å². The van der Waals surface area contributed by atoms with Crippen LogP contribution in [0.15, 0.2) is 71.4 Å². The van der Waals surface area contributed by atoms with Gasteiger partial charge >= 0.3 is 17.9 Å². The van der Waals surface area contributed by atoms with Gasteiger partial charge in [-0.2, -0.15) is 0 Å². The molecule has 0 unspecified atom stereocenters. The Morgan fingerprint density at radius 1 is 1.14 bits per heavy atom. The molecule has 0 spiro atoms. The molecule has 1 aliphatic heterocycles. The number of ether oxygens (including phenoxy) is 3. The fraction of sp³-hybridized carbons (Fsp3) is 0.333. The Labute approximate surface area is 213 Å². The molecule has 1 fully saturated rings. The number of nitrogens with zero attached hydrogens (tertiary/aromatic N) is 1. The van der Waals surface area contributed by atoms with Crippen molar-refractivity contribution in [3.05, 3.63) is 87.0 Å². The van der Waals surface area contributed by atoms with Crippen molar-refractivity contribution in [3.63, 3.8) is 0 Å². The van der Waals surface area contributed by atoms with E-state index >= 15 is 0 Å². The van der Waals surface area contributed by atoms with Crippen molar-refractivity contribution in [2.24, 2.45) is 5.92 Å². The minimum Gasteiger partial charge on any atom is -0.458 e. The molecular weight excluding hydrogens is 482 g/mol. The smallest absolute Gasteiger partial charge is 0.338 e. The fourth-order valence-electron chi connectivity index (χ4n) is 4.17. The number of hydrogen-bond acceptors (Lipinski definition) is 9. The van der Waals surface area contributed by atoms with E-state index in [1.165, 1.54) is 24.3 Å². The second kappa shape index (κ2) is 11.2. The number of fused-ring (bicyclic) bond motifs is 1. The lowest BCUT2D eigenvalue weighted by molar-refractivity contribution is -0.384. The Hall–Kier alpha value is -4.34. The first-order valence-corrected chi connectivity index (χ1v) is 11.5. The van der Waals surface area contributed by atoms with Gasteiger partial charge in [-0.1, -0.05) is 18.2 Å². The predicted octanol–water partition coefficient (Wildman–Crippen LogP) is 3.96. The zero-order valence-corrected chi connectivity index (χ0v) is 20.9. The number of ketones is 1. The SMILES string of the molecule is C=C1C(=O)O[C@H]2[C@H]1[C@@H](OC(=O)/C(C)=C/C)C/C(C)=C/C(=O)/C=C(/C)[C@H]2OC(=O)c1ccc([N+](=O)[O-])cc1. The zero-order valence-electron chi connectivity index (χ0n) is 20.9. The fourth-order valence-corrected chi connectivity index (χ4v) is 4.17. The first-order valence-electron chi connectivity index (χ1n) is 11.5. The second-order valence-corrected chi connectivity index (χ2v) is 8.95. The number of carbonyl (C=O) groups is 4. The Kier molecular flexibility index (Phi) is 8.21. The van der Waals surface area contributed by atoms with Crippen LogP contribution in [-0.4, -0.2) is 46.9 Å². The summed E-state index contributed by atoms with van der Waals surface area (Å²) in [5, 5.41) is 10.9. The van der Waals surface area contributed by atoms with E-state index in [9.17, 15) is 29.3 Å². The Morgan fingerprint density at radius 3 is 2.38 bits per heavy atom. The highest BCUT2D eigenvalue weighted by Gasteiger charge is 2.50. The quantitative estimate of drug-likeness (QED) is 0.190. The van der Waals surface area contributed by atoms with E-state index in [1.807, 2.05) is 0 Å². The average Bonchev–Trinajstić information content (AvgIpc) is 3.14. The zero-order chi connectivity index (χ0) is 27.4. The van der Waals surface area contributed by atoms with Crippen LogP contribution in [0, 0.1) is 16.0 Å². The highest BCUT2D eigenvalue weighted by atomic mass is 16.6. The van der Waals surface area contributed by atoms with E-state index in [2.05, 4.69) is 6.58 Å². The highest BCUT2D eigenvalue weighted by molar-refractivity contribution is 6.00. The lowest BCUT2D eigenvalue weighted by Crippen LogP contribution is -2.43. The summed E-state index contributed by atoms with van der Waals surface area (Å²) < 4.78 is 17.0. The average molecular weight is 510 g/mol. The number of hydrogen-bond donors (Lipinski definition) is 0. The van der Waals surface area contributed by atoms with Crippen LogP contribution in [0.1, 0.15) is 44.5 Å². The van der Waals surface area contributed by atoms with E-state index in [0.717, 1.165) is 12.1 Å². The molecule has 1 saturated heterocycles. The van der Waals surface area contributed by atoms with Gasteiger partial charge in [0.25, 0.3) is 5.69 Å². The largest absolute Gasteiger partial charge is 0.458 e. The van der Waals surface area contributed by atoms with Crippen molar-refractivity contribution >= 4 is 29.4 Å². The van der Waals surface area contributed by atoms with Gasteiger partial charge in [-0.25, -0.2) is 14.4 Å². The van der Waals surface area contributed by atoms with E-state index in [4.69, 9.17) is 14.2 Å². The van der Waals surface area contributed by atoms with Gasteiger partial charge in [-0.05, 0) is 57.6 Å². The van der Waals surface area contributed by atoms with Crippen molar-refractivity contribution < 1.29 is 38.3 Å². The third-order valence-corrected chi connectivity index (χ3v) is 6.25. The van der Waals surface area contributed by atoms with E-state index in [1.54, 1.807) is 33.8 Å². The summed E-state index contributed by atoms with van der Waals surface area (Å²) in [5.74, 6) is -3.47. The van der Waals surface area contributed by atoms with Gasteiger partial charge in [0, 0.05) is 29.7 Å². The van der Waals surface area contributed by atoms with Crippen LogP contribution in [-0.2, 0) is 28.6 Å². The van der Waals surface area contributed by atoms with Crippen LogP contribution in [0.2, 0.25) is 0 Å². The van der Waals surface area contributed by atoms with Crippen molar-refractivity contribution in [2.75, 3.05) is 0 Å². The molecule has 1 heterocycles. The van der Waals surface area contributed by atoms with Crippen LogP contribution < -0.4 is 0 Å². The monoisotopic (exact) mass is 509 g/mol. The molecule has 10 nitrogen and oxygen atoms in total. The normalized spacial score (nSPS) is 27.1. The molecule has 10 heteroatoms. The summed E-state index contributed by atoms with van der Waals surface area (Å²) >= 11 is 0. The molecule has 194 valence electrons. The molecule has 1 aliphatic carbocycles. The molecule has 0 aromatic heterocycles. The van der Waals surface area contributed by atoms with Crippen LogP contribution >= 0.6 is 0 Å². The summed E-state index contributed by atoms with van der Waals surface area (Å²) in [4.78, 5) is 61.2. The third kappa shape index (κ3) is 6.08. The van der Waals surface area contributed by atoms with Crippen LogP contribution in [0.4, 0.5) is 5.69 Å². The second-order valence-electron chi connectivity index (χ2n) is 8.95. The molecule has 0 radical (unpaired) electrons. The highest BCUT2D eigenvalue weighted by Crippen LogP contribution is 2.39. The molecule has 4 atom stereocenters.